The van der Waals surface area contributed by atoms with Crippen molar-refractivity contribution in [1.82, 2.24) is 0 Å². The summed E-state index contributed by atoms with van der Waals surface area (Å²) in [6.07, 6.45) is 3.40. The van der Waals surface area contributed by atoms with Gasteiger partial charge in [-0.05, 0) is 49.7 Å². The third-order valence-electron chi connectivity index (χ3n) is 5.22. The summed E-state index contributed by atoms with van der Waals surface area (Å²) in [5.41, 5.74) is -0.0453. The molecule has 1 amide bonds. The van der Waals surface area contributed by atoms with Crippen molar-refractivity contribution >= 4 is 34.9 Å². The number of nitrogens with one attached hydrogen (secondary N) is 1. The Morgan fingerprint density at radius 3 is 2.29 bits per heavy atom. The van der Waals surface area contributed by atoms with Gasteiger partial charge in [-0.25, -0.2) is 0 Å². The Kier molecular flexibility index (Phi) is 4.45. The molecule has 0 heterocycles. The van der Waals surface area contributed by atoms with Crippen LogP contribution in [-0.2, 0) is 9.59 Å². The maximum Gasteiger partial charge on any atom is 0.307 e. The molecule has 0 spiro atoms. The topological polar surface area (TPSA) is 110 Å². The lowest BCUT2D eigenvalue weighted by molar-refractivity contribution is -0.384. The van der Waals surface area contributed by atoms with E-state index in [1.165, 1.54) is 18.2 Å². The molecule has 128 valence electrons. The summed E-state index contributed by atoms with van der Waals surface area (Å²) in [5, 5.41) is 23.1. The molecule has 0 saturated heterocycles. The summed E-state index contributed by atoms with van der Waals surface area (Å²) in [7, 11) is 0. The van der Waals surface area contributed by atoms with Crippen LogP contribution < -0.4 is 5.32 Å². The van der Waals surface area contributed by atoms with Crippen LogP contribution in [0, 0.1) is 33.8 Å². The first-order valence-corrected chi connectivity index (χ1v) is 8.24. The zero-order valence-electron chi connectivity index (χ0n) is 12.8. The number of aliphatic carboxylic acids is 1. The fraction of sp³-hybridized carbons (Fsp3) is 0.500. The number of carbonyl (C=O) groups is 2. The molecule has 2 bridgehead atoms. The highest BCUT2D eigenvalue weighted by Crippen LogP contribution is 2.49. The van der Waals surface area contributed by atoms with Crippen molar-refractivity contribution in [3.05, 3.63) is 33.3 Å². The van der Waals surface area contributed by atoms with Crippen LogP contribution in [0.2, 0.25) is 5.02 Å². The van der Waals surface area contributed by atoms with Crippen molar-refractivity contribution in [3.8, 4) is 0 Å². The van der Waals surface area contributed by atoms with Gasteiger partial charge in [-0.1, -0.05) is 11.6 Å². The molecule has 0 aromatic heterocycles. The summed E-state index contributed by atoms with van der Waals surface area (Å²) in [5.74, 6) is -2.51. The molecule has 8 heteroatoms. The highest BCUT2D eigenvalue weighted by molar-refractivity contribution is 6.32. The van der Waals surface area contributed by atoms with Crippen LogP contribution >= 0.6 is 11.6 Å². The minimum absolute atomic E-state index is 0.0156. The number of hydrogen-bond acceptors (Lipinski definition) is 4. The van der Waals surface area contributed by atoms with Crippen molar-refractivity contribution in [2.45, 2.75) is 25.7 Å². The number of halogens is 1. The number of nitrogens with zero attached hydrogens (tertiary/aromatic N) is 1. The Hall–Kier alpha value is -2.15. The average Bonchev–Trinajstić information content (AvgIpc) is 2.56. The predicted octanol–water partition coefficient (Wildman–Crippen LogP) is 3.32. The van der Waals surface area contributed by atoms with E-state index in [0.29, 0.717) is 0 Å². The highest BCUT2D eigenvalue weighted by atomic mass is 35.5. The highest BCUT2D eigenvalue weighted by Gasteiger charge is 2.50. The van der Waals surface area contributed by atoms with Gasteiger partial charge in [0.05, 0.1) is 16.8 Å². The molecule has 0 radical (unpaired) electrons. The Balaban J connectivity index is 1.82. The van der Waals surface area contributed by atoms with Crippen LogP contribution in [0.4, 0.5) is 11.4 Å². The lowest BCUT2D eigenvalue weighted by atomic mass is 9.58. The molecular formula is C16H17ClN2O5. The zero-order valence-corrected chi connectivity index (χ0v) is 13.5. The van der Waals surface area contributed by atoms with E-state index >= 15 is 0 Å². The maximum absolute atomic E-state index is 12.7. The van der Waals surface area contributed by atoms with Crippen molar-refractivity contribution in [2.75, 3.05) is 5.32 Å². The molecule has 0 unspecified atom stereocenters. The molecule has 3 aliphatic rings. The monoisotopic (exact) mass is 352 g/mol. The van der Waals surface area contributed by atoms with Crippen molar-refractivity contribution in [2.24, 2.45) is 23.7 Å². The molecule has 7 nitrogen and oxygen atoms in total. The minimum Gasteiger partial charge on any atom is -0.481 e. The predicted molar refractivity (Wildman–Crippen MR) is 86.8 cm³/mol. The molecule has 1 aromatic rings. The lowest BCUT2D eigenvalue weighted by Gasteiger charge is -2.45. The number of anilines is 1. The van der Waals surface area contributed by atoms with Crippen molar-refractivity contribution in [1.29, 1.82) is 0 Å². The van der Waals surface area contributed by atoms with Gasteiger partial charge in [0.1, 0.15) is 5.02 Å². The summed E-state index contributed by atoms with van der Waals surface area (Å²) in [6, 6.07) is 4.01. The third kappa shape index (κ3) is 2.96. The fourth-order valence-electron chi connectivity index (χ4n) is 4.14. The van der Waals surface area contributed by atoms with Crippen LogP contribution in [0.1, 0.15) is 25.7 Å². The van der Waals surface area contributed by atoms with E-state index in [1.807, 2.05) is 0 Å². The van der Waals surface area contributed by atoms with Gasteiger partial charge in [-0.15, -0.1) is 0 Å². The first-order chi connectivity index (χ1) is 11.4. The molecule has 3 aliphatic carbocycles. The number of fused-ring (bicyclic) bond motifs is 3. The van der Waals surface area contributed by atoms with E-state index in [0.717, 1.165) is 25.7 Å². The summed E-state index contributed by atoms with van der Waals surface area (Å²) >= 11 is 5.76. The second kappa shape index (κ2) is 6.39. The van der Waals surface area contributed by atoms with Gasteiger partial charge in [0.2, 0.25) is 5.91 Å². The number of carbonyl (C=O) groups excluding carboxylic acids is 1. The van der Waals surface area contributed by atoms with Crippen molar-refractivity contribution < 1.29 is 19.6 Å². The molecule has 4 rings (SSSR count). The standard InChI is InChI=1S/C16H17ClN2O5/c17-11-6-5-10(7-12(11)19(23)24)18-15(20)13-8-1-3-9(4-2-8)14(13)16(21)22/h5-9,13-14H,1-4H2,(H,18,20)(H,21,22)/t8?,9?,13-,14+/m0/s1. The van der Waals surface area contributed by atoms with Gasteiger partial charge in [-0.2, -0.15) is 0 Å². The number of rotatable bonds is 4. The first-order valence-electron chi connectivity index (χ1n) is 7.86. The van der Waals surface area contributed by atoms with Crippen LogP contribution in [0.3, 0.4) is 0 Å². The lowest BCUT2D eigenvalue weighted by Crippen LogP contribution is -2.49. The average molecular weight is 353 g/mol. The van der Waals surface area contributed by atoms with Gasteiger partial charge >= 0.3 is 5.97 Å². The minimum atomic E-state index is -0.938. The molecular weight excluding hydrogens is 336 g/mol. The molecule has 2 atom stereocenters. The molecule has 24 heavy (non-hydrogen) atoms. The fourth-order valence-corrected chi connectivity index (χ4v) is 4.32. The van der Waals surface area contributed by atoms with Crippen LogP contribution in [0.25, 0.3) is 0 Å². The second-order valence-corrected chi connectivity index (χ2v) is 6.88. The van der Waals surface area contributed by atoms with E-state index in [2.05, 4.69) is 5.32 Å². The van der Waals surface area contributed by atoms with E-state index in [4.69, 9.17) is 11.6 Å². The van der Waals surface area contributed by atoms with E-state index in [-0.39, 0.29) is 34.1 Å². The van der Waals surface area contributed by atoms with Gasteiger partial charge in [0.15, 0.2) is 0 Å². The van der Waals surface area contributed by atoms with Gasteiger partial charge < -0.3 is 10.4 Å². The normalized spacial score (nSPS) is 28.4. The first kappa shape index (κ1) is 16.7. The summed E-state index contributed by atoms with van der Waals surface area (Å²) in [4.78, 5) is 34.6. The van der Waals surface area contributed by atoms with Gasteiger partial charge in [-0.3, -0.25) is 19.7 Å². The molecule has 3 fully saturated rings. The SMILES string of the molecule is O=C(O)[C@@H]1C2CCC(CC2)[C@@H]1C(=O)Nc1ccc(Cl)c([N+](=O)[O-])c1. The van der Waals surface area contributed by atoms with Crippen LogP contribution in [0.15, 0.2) is 18.2 Å². The van der Waals surface area contributed by atoms with Crippen LogP contribution in [0.5, 0.6) is 0 Å². The Morgan fingerprint density at radius 2 is 1.75 bits per heavy atom. The summed E-state index contributed by atoms with van der Waals surface area (Å²) in [6.45, 7) is 0. The molecule has 3 saturated carbocycles. The number of benzene rings is 1. The third-order valence-corrected chi connectivity index (χ3v) is 5.54. The second-order valence-electron chi connectivity index (χ2n) is 6.48. The van der Waals surface area contributed by atoms with E-state index in [9.17, 15) is 24.8 Å². The molecule has 1 aromatic carbocycles. The number of hydrogen-bond donors (Lipinski definition) is 2. The smallest absolute Gasteiger partial charge is 0.307 e. The Morgan fingerprint density at radius 1 is 1.17 bits per heavy atom. The van der Waals surface area contributed by atoms with Gasteiger partial charge in [0, 0.05) is 11.8 Å². The number of amides is 1. The quantitative estimate of drug-likeness (QED) is 0.638. The number of nitro groups is 1. The number of carboxylic acid groups (broad SMARTS) is 1. The summed E-state index contributed by atoms with van der Waals surface area (Å²) < 4.78 is 0. The van der Waals surface area contributed by atoms with Gasteiger partial charge in [0.25, 0.3) is 5.69 Å². The number of carboxylic acids is 1. The zero-order chi connectivity index (χ0) is 17.4. The maximum atomic E-state index is 12.7. The number of nitro benzene ring substituents is 1. The Bertz CT molecular complexity index is 700. The molecule has 0 aliphatic heterocycles. The Labute approximate surface area is 143 Å². The van der Waals surface area contributed by atoms with E-state index < -0.39 is 22.7 Å². The van der Waals surface area contributed by atoms with Crippen molar-refractivity contribution in [3.63, 3.8) is 0 Å². The van der Waals surface area contributed by atoms with Crippen LogP contribution in [-0.4, -0.2) is 21.9 Å². The largest absolute Gasteiger partial charge is 0.481 e. The van der Waals surface area contributed by atoms with E-state index in [1.54, 1.807) is 0 Å². The molecule has 2 N–H and O–H groups in total.